The predicted molar refractivity (Wildman–Crippen MR) is 84.5 cm³/mol. The molecule has 0 aliphatic heterocycles. The van der Waals surface area contributed by atoms with E-state index in [2.05, 4.69) is 72.9 Å². The first-order valence-electron chi connectivity index (χ1n) is 7.74. The quantitative estimate of drug-likeness (QED) is 0.785. The van der Waals surface area contributed by atoms with Gasteiger partial charge in [-0.1, -0.05) is 67.6 Å². The van der Waals surface area contributed by atoms with E-state index in [1.165, 1.54) is 24.0 Å². The number of hydrogen-bond donors (Lipinski definition) is 1. The van der Waals surface area contributed by atoms with E-state index >= 15 is 0 Å². The molecule has 1 aliphatic carbocycles. The van der Waals surface area contributed by atoms with Gasteiger partial charge in [0.15, 0.2) is 0 Å². The SMILES string of the molecule is CC[C@@H](N[C@@H](c1ccccc1)C1CC1)c1ccccc1. The number of rotatable bonds is 6. The van der Waals surface area contributed by atoms with Crippen molar-refractivity contribution in [3.8, 4) is 0 Å². The Hall–Kier alpha value is -1.60. The summed E-state index contributed by atoms with van der Waals surface area (Å²) >= 11 is 0. The minimum Gasteiger partial charge on any atom is -0.303 e. The van der Waals surface area contributed by atoms with Crippen molar-refractivity contribution >= 4 is 0 Å². The van der Waals surface area contributed by atoms with Gasteiger partial charge in [-0.25, -0.2) is 0 Å². The van der Waals surface area contributed by atoms with Gasteiger partial charge in [0.1, 0.15) is 0 Å². The molecule has 20 heavy (non-hydrogen) atoms. The van der Waals surface area contributed by atoms with E-state index < -0.39 is 0 Å². The normalized spacial score (nSPS) is 17.6. The van der Waals surface area contributed by atoms with Crippen molar-refractivity contribution in [2.75, 3.05) is 0 Å². The molecule has 1 heteroatoms. The van der Waals surface area contributed by atoms with E-state index in [-0.39, 0.29) is 0 Å². The first-order chi connectivity index (χ1) is 9.88. The molecule has 1 aliphatic rings. The average Bonchev–Trinajstić information content (AvgIpc) is 3.35. The second-order valence-electron chi connectivity index (χ2n) is 5.76. The van der Waals surface area contributed by atoms with Gasteiger partial charge >= 0.3 is 0 Å². The highest BCUT2D eigenvalue weighted by molar-refractivity contribution is 5.24. The Morgan fingerprint density at radius 1 is 0.900 bits per heavy atom. The van der Waals surface area contributed by atoms with E-state index in [0.717, 1.165) is 12.3 Å². The predicted octanol–water partition coefficient (Wildman–Crippen LogP) is 4.88. The van der Waals surface area contributed by atoms with Gasteiger partial charge < -0.3 is 5.32 Å². The third-order valence-corrected chi connectivity index (χ3v) is 4.24. The standard InChI is InChI=1S/C19H23N/c1-2-18(15-9-5-3-6-10-15)20-19(17-13-14-17)16-11-7-4-8-12-16/h3-12,17-20H,2,13-14H2,1H3/t18-,19+/m1/s1. The number of nitrogens with one attached hydrogen (secondary N) is 1. The fourth-order valence-electron chi connectivity index (χ4n) is 2.95. The van der Waals surface area contributed by atoms with Crippen molar-refractivity contribution in [1.29, 1.82) is 0 Å². The van der Waals surface area contributed by atoms with Crippen LogP contribution >= 0.6 is 0 Å². The molecular weight excluding hydrogens is 242 g/mol. The Labute approximate surface area is 122 Å². The molecule has 1 fully saturated rings. The monoisotopic (exact) mass is 265 g/mol. The first-order valence-corrected chi connectivity index (χ1v) is 7.74. The molecule has 1 saturated carbocycles. The molecule has 0 spiro atoms. The van der Waals surface area contributed by atoms with Crippen molar-refractivity contribution in [1.82, 2.24) is 5.32 Å². The second kappa shape index (κ2) is 6.23. The van der Waals surface area contributed by atoms with Gasteiger partial charge in [0.05, 0.1) is 0 Å². The number of hydrogen-bond acceptors (Lipinski definition) is 1. The minimum atomic E-state index is 0.446. The van der Waals surface area contributed by atoms with Crippen LogP contribution in [0.1, 0.15) is 49.4 Å². The topological polar surface area (TPSA) is 12.0 Å². The lowest BCUT2D eigenvalue weighted by Gasteiger charge is -2.26. The molecule has 2 aromatic rings. The molecule has 0 unspecified atom stereocenters. The minimum absolute atomic E-state index is 0.446. The van der Waals surface area contributed by atoms with Crippen LogP contribution in [0, 0.1) is 5.92 Å². The Bertz CT molecular complexity index is 516. The summed E-state index contributed by atoms with van der Waals surface area (Å²) < 4.78 is 0. The summed E-state index contributed by atoms with van der Waals surface area (Å²) in [5, 5.41) is 3.90. The average molecular weight is 265 g/mol. The third kappa shape index (κ3) is 3.10. The Morgan fingerprint density at radius 2 is 1.45 bits per heavy atom. The lowest BCUT2D eigenvalue weighted by atomic mass is 9.98. The Morgan fingerprint density at radius 3 is 1.95 bits per heavy atom. The van der Waals surface area contributed by atoms with Crippen LogP contribution in [0.4, 0.5) is 0 Å². The third-order valence-electron chi connectivity index (χ3n) is 4.24. The lowest BCUT2D eigenvalue weighted by molar-refractivity contribution is 0.402. The zero-order valence-corrected chi connectivity index (χ0v) is 12.1. The van der Waals surface area contributed by atoms with Crippen LogP contribution in [0.25, 0.3) is 0 Å². The van der Waals surface area contributed by atoms with E-state index in [1.54, 1.807) is 0 Å². The van der Waals surface area contributed by atoms with E-state index in [4.69, 9.17) is 0 Å². The van der Waals surface area contributed by atoms with Crippen LogP contribution in [0.3, 0.4) is 0 Å². The first kappa shape index (κ1) is 13.4. The highest BCUT2D eigenvalue weighted by atomic mass is 15.0. The largest absolute Gasteiger partial charge is 0.303 e. The molecule has 0 radical (unpaired) electrons. The molecule has 0 amide bonds. The highest BCUT2D eigenvalue weighted by Gasteiger charge is 2.33. The zero-order chi connectivity index (χ0) is 13.8. The maximum Gasteiger partial charge on any atom is 0.0354 e. The summed E-state index contributed by atoms with van der Waals surface area (Å²) in [7, 11) is 0. The molecule has 1 nitrogen and oxygen atoms in total. The van der Waals surface area contributed by atoms with Crippen LogP contribution in [0.15, 0.2) is 60.7 Å². The van der Waals surface area contributed by atoms with Gasteiger partial charge in [-0.3, -0.25) is 0 Å². The molecule has 104 valence electrons. The molecule has 0 aromatic heterocycles. The molecule has 2 atom stereocenters. The Balaban J connectivity index is 1.79. The highest BCUT2D eigenvalue weighted by Crippen LogP contribution is 2.42. The summed E-state index contributed by atoms with van der Waals surface area (Å²) in [4.78, 5) is 0. The fourth-order valence-corrected chi connectivity index (χ4v) is 2.95. The summed E-state index contributed by atoms with van der Waals surface area (Å²) in [5.74, 6) is 0.815. The molecular formula is C19H23N. The molecule has 2 aromatic carbocycles. The van der Waals surface area contributed by atoms with Crippen LogP contribution in [0.5, 0.6) is 0 Å². The summed E-state index contributed by atoms with van der Waals surface area (Å²) in [6.45, 7) is 2.26. The van der Waals surface area contributed by atoms with Crippen LogP contribution in [0.2, 0.25) is 0 Å². The summed E-state index contributed by atoms with van der Waals surface area (Å²) in [6.07, 6.45) is 3.84. The van der Waals surface area contributed by atoms with Crippen molar-refractivity contribution in [3.63, 3.8) is 0 Å². The van der Waals surface area contributed by atoms with Gasteiger partial charge in [-0.05, 0) is 36.3 Å². The smallest absolute Gasteiger partial charge is 0.0354 e. The van der Waals surface area contributed by atoms with Crippen molar-refractivity contribution in [2.45, 2.75) is 38.3 Å². The van der Waals surface area contributed by atoms with Gasteiger partial charge in [0.2, 0.25) is 0 Å². The second-order valence-corrected chi connectivity index (χ2v) is 5.76. The maximum absolute atomic E-state index is 3.90. The molecule has 0 bridgehead atoms. The number of benzene rings is 2. The van der Waals surface area contributed by atoms with Crippen molar-refractivity contribution in [3.05, 3.63) is 71.8 Å². The van der Waals surface area contributed by atoms with Crippen molar-refractivity contribution in [2.24, 2.45) is 5.92 Å². The molecule has 1 N–H and O–H groups in total. The van der Waals surface area contributed by atoms with Gasteiger partial charge in [-0.2, -0.15) is 0 Å². The summed E-state index contributed by atoms with van der Waals surface area (Å²) in [5.41, 5.74) is 2.83. The van der Waals surface area contributed by atoms with Gasteiger partial charge in [-0.15, -0.1) is 0 Å². The van der Waals surface area contributed by atoms with E-state index in [1.807, 2.05) is 0 Å². The molecule has 3 rings (SSSR count). The van der Waals surface area contributed by atoms with Crippen molar-refractivity contribution < 1.29 is 0 Å². The molecule has 0 saturated heterocycles. The van der Waals surface area contributed by atoms with E-state index in [0.29, 0.717) is 12.1 Å². The van der Waals surface area contributed by atoms with Crippen LogP contribution < -0.4 is 5.32 Å². The fraction of sp³-hybridized carbons (Fsp3) is 0.368. The van der Waals surface area contributed by atoms with Crippen LogP contribution in [-0.2, 0) is 0 Å². The summed E-state index contributed by atoms with van der Waals surface area (Å²) in [6, 6.07) is 22.7. The maximum atomic E-state index is 3.90. The van der Waals surface area contributed by atoms with E-state index in [9.17, 15) is 0 Å². The zero-order valence-electron chi connectivity index (χ0n) is 12.1. The lowest BCUT2D eigenvalue weighted by Crippen LogP contribution is -2.27. The Kier molecular flexibility index (Phi) is 4.17. The molecule has 0 heterocycles. The van der Waals surface area contributed by atoms with Gasteiger partial charge in [0, 0.05) is 12.1 Å². The van der Waals surface area contributed by atoms with Crippen LogP contribution in [-0.4, -0.2) is 0 Å². The van der Waals surface area contributed by atoms with Gasteiger partial charge in [0.25, 0.3) is 0 Å².